The van der Waals surface area contributed by atoms with E-state index >= 15 is 0 Å². The molecule has 1 aliphatic rings. The van der Waals surface area contributed by atoms with Crippen molar-refractivity contribution in [2.24, 2.45) is 0 Å². The molecule has 3 N–H and O–H groups in total. The zero-order valence-corrected chi connectivity index (χ0v) is 8.92. The maximum absolute atomic E-state index is 11.5. The smallest absolute Gasteiger partial charge is 0.250 e. The van der Waals surface area contributed by atoms with Crippen molar-refractivity contribution in [1.82, 2.24) is 10.6 Å². The van der Waals surface area contributed by atoms with E-state index in [1.54, 1.807) is 7.05 Å². The SMILES string of the molecule is CCCC(NC)C(O)C(=O)NC1CC1. The Bertz CT molecular complexity index is 193. The van der Waals surface area contributed by atoms with Crippen LogP contribution >= 0.6 is 0 Å². The molecule has 2 atom stereocenters. The van der Waals surface area contributed by atoms with Crippen LogP contribution in [-0.2, 0) is 4.79 Å². The summed E-state index contributed by atoms with van der Waals surface area (Å²) >= 11 is 0. The van der Waals surface area contributed by atoms with E-state index in [1.165, 1.54) is 0 Å². The zero-order chi connectivity index (χ0) is 10.6. The van der Waals surface area contributed by atoms with Crippen LogP contribution in [0.1, 0.15) is 32.6 Å². The van der Waals surface area contributed by atoms with Crippen molar-refractivity contribution in [3.05, 3.63) is 0 Å². The van der Waals surface area contributed by atoms with Crippen molar-refractivity contribution in [1.29, 1.82) is 0 Å². The van der Waals surface area contributed by atoms with Crippen LogP contribution in [0.5, 0.6) is 0 Å². The van der Waals surface area contributed by atoms with Gasteiger partial charge < -0.3 is 15.7 Å². The van der Waals surface area contributed by atoms with Crippen molar-refractivity contribution in [3.8, 4) is 0 Å². The lowest BCUT2D eigenvalue weighted by Crippen LogP contribution is -2.48. The summed E-state index contributed by atoms with van der Waals surface area (Å²) in [7, 11) is 1.77. The molecule has 0 aromatic rings. The number of likely N-dealkylation sites (N-methyl/N-ethyl adjacent to an activating group) is 1. The molecule has 2 unspecified atom stereocenters. The molecule has 1 rings (SSSR count). The Kier molecular flexibility index (Phi) is 4.35. The standard InChI is InChI=1S/C10H20N2O2/c1-3-4-8(11-2)9(13)10(14)12-7-5-6-7/h7-9,11,13H,3-6H2,1-2H3,(H,12,14). The van der Waals surface area contributed by atoms with Gasteiger partial charge in [0.25, 0.3) is 5.91 Å². The number of aliphatic hydroxyl groups excluding tert-OH is 1. The second-order valence-corrected chi connectivity index (χ2v) is 3.91. The van der Waals surface area contributed by atoms with E-state index in [4.69, 9.17) is 0 Å². The number of amides is 1. The molecule has 0 aromatic heterocycles. The Hall–Kier alpha value is -0.610. The summed E-state index contributed by atoms with van der Waals surface area (Å²) in [6.07, 6.45) is 2.96. The van der Waals surface area contributed by atoms with Gasteiger partial charge in [-0.2, -0.15) is 0 Å². The summed E-state index contributed by atoms with van der Waals surface area (Å²) in [5.74, 6) is -0.236. The largest absolute Gasteiger partial charge is 0.382 e. The normalized spacial score (nSPS) is 20.2. The molecule has 1 aliphatic carbocycles. The van der Waals surface area contributed by atoms with E-state index in [9.17, 15) is 9.90 Å². The molecule has 0 heterocycles. The fourth-order valence-electron chi connectivity index (χ4n) is 1.47. The first-order valence-electron chi connectivity index (χ1n) is 5.34. The van der Waals surface area contributed by atoms with E-state index < -0.39 is 6.10 Å². The minimum atomic E-state index is -0.916. The number of carbonyl (C=O) groups excluding carboxylic acids is 1. The summed E-state index contributed by atoms with van der Waals surface area (Å²) in [6.45, 7) is 2.04. The van der Waals surface area contributed by atoms with Gasteiger partial charge in [0.15, 0.2) is 0 Å². The summed E-state index contributed by atoms with van der Waals surface area (Å²) in [4.78, 5) is 11.5. The van der Waals surface area contributed by atoms with Crippen molar-refractivity contribution < 1.29 is 9.90 Å². The van der Waals surface area contributed by atoms with E-state index in [0.717, 1.165) is 25.7 Å². The monoisotopic (exact) mass is 200 g/mol. The minimum absolute atomic E-state index is 0.126. The maximum atomic E-state index is 11.5. The molecule has 4 heteroatoms. The van der Waals surface area contributed by atoms with Crippen LogP contribution in [0.25, 0.3) is 0 Å². The van der Waals surface area contributed by atoms with Gasteiger partial charge >= 0.3 is 0 Å². The molecular weight excluding hydrogens is 180 g/mol. The molecule has 0 aromatic carbocycles. The Morgan fingerprint density at radius 2 is 2.21 bits per heavy atom. The summed E-state index contributed by atoms with van der Waals surface area (Å²) in [5.41, 5.74) is 0. The van der Waals surface area contributed by atoms with Crippen molar-refractivity contribution in [2.45, 2.75) is 50.8 Å². The molecule has 1 amide bonds. The fraction of sp³-hybridized carbons (Fsp3) is 0.900. The van der Waals surface area contributed by atoms with Crippen LogP contribution in [-0.4, -0.2) is 36.2 Å². The molecule has 0 aliphatic heterocycles. The lowest BCUT2D eigenvalue weighted by Gasteiger charge is -2.21. The van der Waals surface area contributed by atoms with Gasteiger partial charge in [0, 0.05) is 12.1 Å². The second kappa shape index (κ2) is 5.32. The van der Waals surface area contributed by atoms with Crippen LogP contribution in [0.4, 0.5) is 0 Å². The highest BCUT2D eigenvalue weighted by atomic mass is 16.3. The quantitative estimate of drug-likeness (QED) is 0.566. The van der Waals surface area contributed by atoms with Gasteiger partial charge in [0.1, 0.15) is 6.10 Å². The van der Waals surface area contributed by atoms with Gasteiger partial charge in [-0.25, -0.2) is 0 Å². The van der Waals surface area contributed by atoms with E-state index in [-0.39, 0.29) is 11.9 Å². The Balaban J connectivity index is 2.34. The molecule has 0 radical (unpaired) electrons. The van der Waals surface area contributed by atoms with Gasteiger partial charge in [-0.05, 0) is 26.3 Å². The van der Waals surface area contributed by atoms with E-state index in [0.29, 0.717) is 6.04 Å². The molecule has 14 heavy (non-hydrogen) atoms. The van der Waals surface area contributed by atoms with E-state index in [2.05, 4.69) is 10.6 Å². The average molecular weight is 200 g/mol. The third-order valence-corrected chi connectivity index (χ3v) is 2.54. The van der Waals surface area contributed by atoms with E-state index in [1.807, 2.05) is 6.92 Å². The maximum Gasteiger partial charge on any atom is 0.250 e. The molecule has 4 nitrogen and oxygen atoms in total. The Labute approximate surface area is 85.1 Å². The topological polar surface area (TPSA) is 61.4 Å². The van der Waals surface area contributed by atoms with Crippen LogP contribution in [0.15, 0.2) is 0 Å². The number of aliphatic hydroxyl groups is 1. The van der Waals surface area contributed by atoms with Crippen molar-refractivity contribution in [3.63, 3.8) is 0 Å². The second-order valence-electron chi connectivity index (χ2n) is 3.91. The van der Waals surface area contributed by atoms with Gasteiger partial charge in [0.2, 0.25) is 0 Å². The molecule has 82 valence electrons. The predicted octanol–water partition coefficient (Wildman–Crippen LogP) is 0.0140. The lowest BCUT2D eigenvalue weighted by atomic mass is 10.1. The summed E-state index contributed by atoms with van der Waals surface area (Å²) in [6, 6.07) is 0.190. The number of carbonyl (C=O) groups is 1. The highest BCUT2D eigenvalue weighted by molar-refractivity contribution is 5.81. The van der Waals surface area contributed by atoms with Crippen LogP contribution in [0, 0.1) is 0 Å². The van der Waals surface area contributed by atoms with Crippen molar-refractivity contribution in [2.75, 3.05) is 7.05 Å². The molecule has 1 saturated carbocycles. The van der Waals surface area contributed by atoms with Crippen LogP contribution in [0.2, 0.25) is 0 Å². The number of hydrogen-bond donors (Lipinski definition) is 3. The van der Waals surface area contributed by atoms with Crippen molar-refractivity contribution >= 4 is 5.91 Å². The Morgan fingerprint density at radius 3 is 2.64 bits per heavy atom. The highest BCUT2D eigenvalue weighted by Gasteiger charge is 2.29. The number of nitrogens with one attached hydrogen (secondary N) is 2. The molecule has 1 fully saturated rings. The zero-order valence-electron chi connectivity index (χ0n) is 8.92. The predicted molar refractivity (Wildman–Crippen MR) is 54.9 cm³/mol. The van der Waals surface area contributed by atoms with Gasteiger partial charge in [-0.3, -0.25) is 4.79 Å². The lowest BCUT2D eigenvalue weighted by molar-refractivity contribution is -0.131. The summed E-state index contributed by atoms with van der Waals surface area (Å²) < 4.78 is 0. The van der Waals surface area contributed by atoms with Gasteiger partial charge in [-0.1, -0.05) is 13.3 Å². The van der Waals surface area contributed by atoms with Crippen LogP contribution in [0.3, 0.4) is 0 Å². The highest BCUT2D eigenvalue weighted by Crippen LogP contribution is 2.19. The minimum Gasteiger partial charge on any atom is -0.382 e. The van der Waals surface area contributed by atoms with Gasteiger partial charge in [0.05, 0.1) is 0 Å². The third kappa shape index (κ3) is 3.27. The third-order valence-electron chi connectivity index (χ3n) is 2.54. The first kappa shape index (κ1) is 11.5. The molecule has 0 saturated heterocycles. The number of hydrogen-bond acceptors (Lipinski definition) is 3. The molecular formula is C10H20N2O2. The first-order chi connectivity index (χ1) is 6.69. The molecule has 0 bridgehead atoms. The van der Waals surface area contributed by atoms with Crippen LogP contribution < -0.4 is 10.6 Å². The fourth-order valence-corrected chi connectivity index (χ4v) is 1.47. The Morgan fingerprint density at radius 1 is 1.57 bits per heavy atom. The number of rotatable bonds is 6. The molecule has 0 spiro atoms. The average Bonchev–Trinajstić information content (AvgIpc) is 2.96. The van der Waals surface area contributed by atoms with Gasteiger partial charge in [-0.15, -0.1) is 0 Å². The first-order valence-corrected chi connectivity index (χ1v) is 5.34. The summed E-state index contributed by atoms with van der Waals surface area (Å²) in [5, 5.41) is 15.5.